The van der Waals surface area contributed by atoms with Crippen molar-refractivity contribution in [2.75, 3.05) is 23.7 Å². The van der Waals surface area contributed by atoms with E-state index < -0.39 is 10.0 Å². The quantitative estimate of drug-likeness (QED) is 0.870. The Morgan fingerprint density at radius 3 is 2.16 bits per heavy atom. The van der Waals surface area contributed by atoms with E-state index in [9.17, 15) is 8.42 Å². The van der Waals surface area contributed by atoms with Crippen LogP contribution in [0.5, 0.6) is 0 Å². The molecule has 4 nitrogen and oxygen atoms in total. The maximum Gasteiger partial charge on any atom is 0.236 e. The van der Waals surface area contributed by atoms with E-state index in [2.05, 4.69) is 5.32 Å². The molecule has 19 heavy (non-hydrogen) atoms. The van der Waals surface area contributed by atoms with Crippen LogP contribution in [0, 0.1) is 13.8 Å². The van der Waals surface area contributed by atoms with E-state index >= 15 is 0 Å². The number of nitrogens with zero attached hydrogens (tertiary/aromatic N) is 1. The van der Waals surface area contributed by atoms with E-state index in [1.165, 1.54) is 4.31 Å². The van der Waals surface area contributed by atoms with Gasteiger partial charge in [-0.25, -0.2) is 8.42 Å². The Labute approximate surface area is 116 Å². The molecule has 1 N–H and O–H groups in total. The highest BCUT2D eigenvalue weighted by Crippen LogP contribution is 2.20. The van der Waals surface area contributed by atoms with Gasteiger partial charge in [-0.1, -0.05) is 19.9 Å². The van der Waals surface area contributed by atoms with Crippen LogP contribution in [-0.4, -0.2) is 33.8 Å². The molecular weight excluding hydrogens is 260 g/mol. The van der Waals surface area contributed by atoms with Crippen LogP contribution in [0.2, 0.25) is 0 Å². The Balaban J connectivity index is 2.82. The third kappa shape index (κ3) is 4.84. The predicted molar refractivity (Wildman–Crippen MR) is 81.2 cm³/mol. The van der Waals surface area contributed by atoms with Crippen LogP contribution < -0.4 is 9.62 Å². The first kappa shape index (κ1) is 16.0. The lowest BCUT2D eigenvalue weighted by molar-refractivity contribution is 0.577. The maximum atomic E-state index is 12.2. The highest BCUT2D eigenvalue weighted by Gasteiger charge is 2.18. The number of benzene rings is 1. The number of aryl methyl sites for hydroxylation is 2. The second-order valence-electron chi connectivity index (χ2n) is 5.24. The largest absolute Gasteiger partial charge is 0.313 e. The summed E-state index contributed by atoms with van der Waals surface area (Å²) in [6, 6.07) is 6.10. The Hall–Kier alpha value is -1.07. The minimum atomic E-state index is -3.27. The highest BCUT2D eigenvalue weighted by atomic mass is 32.2. The summed E-state index contributed by atoms with van der Waals surface area (Å²) in [5.41, 5.74) is 2.86. The number of anilines is 1. The zero-order valence-corrected chi connectivity index (χ0v) is 13.2. The van der Waals surface area contributed by atoms with Crippen LogP contribution in [0.15, 0.2) is 18.2 Å². The van der Waals surface area contributed by atoms with Gasteiger partial charge in [-0.2, -0.15) is 0 Å². The Morgan fingerprint density at radius 1 is 1.16 bits per heavy atom. The predicted octanol–water partition coefficient (Wildman–Crippen LogP) is 2.07. The van der Waals surface area contributed by atoms with Gasteiger partial charge in [0.1, 0.15) is 0 Å². The van der Waals surface area contributed by atoms with Gasteiger partial charge >= 0.3 is 0 Å². The van der Waals surface area contributed by atoms with E-state index in [4.69, 9.17) is 0 Å². The normalized spacial score (nSPS) is 11.9. The fraction of sp³-hybridized carbons (Fsp3) is 0.571. The van der Waals surface area contributed by atoms with E-state index in [-0.39, 0.29) is 5.75 Å². The third-order valence-corrected chi connectivity index (χ3v) is 4.67. The summed E-state index contributed by atoms with van der Waals surface area (Å²) in [7, 11) is -1.66. The Morgan fingerprint density at radius 2 is 1.68 bits per heavy atom. The van der Waals surface area contributed by atoms with Gasteiger partial charge in [0.2, 0.25) is 10.0 Å². The summed E-state index contributed by atoms with van der Waals surface area (Å²) >= 11 is 0. The van der Waals surface area contributed by atoms with Crippen LogP contribution >= 0.6 is 0 Å². The molecule has 0 amide bonds. The first-order valence-electron chi connectivity index (χ1n) is 6.50. The van der Waals surface area contributed by atoms with Crippen LogP contribution in [0.3, 0.4) is 0 Å². The summed E-state index contributed by atoms with van der Waals surface area (Å²) in [6.45, 7) is 8.41. The fourth-order valence-electron chi connectivity index (χ4n) is 1.91. The second-order valence-corrected chi connectivity index (χ2v) is 7.36. The van der Waals surface area contributed by atoms with Gasteiger partial charge in [-0.05, 0) is 37.1 Å². The van der Waals surface area contributed by atoms with Crippen molar-refractivity contribution >= 4 is 15.7 Å². The molecule has 0 radical (unpaired) electrons. The molecule has 0 aromatic heterocycles. The third-order valence-electron chi connectivity index (χ3n) is 2.90. The van der Waals surface area contributed by atoms with E-state index in [1.807, 2.05) is 45.9 Å². The summed E-state index contributed by atoms with van der Waals surface area (Å²) < 4.78 is 25.8. The molecule has 0 saturated carbocycles. The minimum Gasteiger partial charge on any atom is -0.313 e. The van der Waals surface area contributed by atoms with Crippen molar-refractivity contribution < 1.29 is 8.42 Å². The summed E-state index contributed by atoms with van der Waals surface area (Å²) in [5, 5.41) is 3.12. The molecular formula is C14H24N2O2S. The van der Waals surface area contributed by atoms with Gasteiger partial charge < -0.3 is 5.32 Å². The molecule has 0 unspecified atom stereocenters. The van der Waals surface area contributed by atoms with Gasteiger partial charge in [0.15, 0.2) is 0 Å². The molecule has 1 rings (SSSR count). The highest BCUT2D eigenvalue weighted by molar-refractivity contribution is 7.92. The van der Waals surface area contributed by atoms with Crippen LogP contribution in [-0.2, 0) is 10.0 Å². The van der Waals surface area contributed by atoms with Crippen molar-refractivity contribution in [3.05, 3.63) is 29.3 Å². The number of hydrogen-bond acceptors (Lipinski definition) is 3. The minimum absolute atomic E-state index is 0.106. The van der Waals surface area contributed by atoms with Gasteiger partial charge in [-0.3, -0.25) is 4.31 Å². The van der Waals surface area contributed by atoms with E-state index in [0.717, 1.165) is 16.8 Å². The Bertz CT molecular complexity index is 504. The molecule has 1 aromatic rings. The SMILES string of the molecule is Cc1cc(C)cc(N(C)S(=O)(=O)CCNC(C)C)c1. The summed E-state index contributed by atoms with van der Waals surface area (Å²) in [6.07, 6.45) is 0. The molecule has 108 valence electrons. The van der Waals surface area contributed by atoms with Crippen LogP contribution in [0.1, 0.15) is 25.0 Å². The van der Waals surface area contributed by atoms with Crippen LogP contribution in [0.4, 0.5) is 5.69 Å². The maximum absolute atomic E-state index is 12.2. The van der Waals surface area contributed by atoms with Gasteiger partial charge in [0.05, 0.1) is 11.4 Å². The molecule has 0 atom stereocenters. The molecule has 5 heteroatoms. The molecule has 0 heterocycles. The molecule has 0 aliphatic heterocycles. The lowest BCUT2D eigenvalue weighted by Crippen LogP contribution is -2.35. The topological polar surface area (TPSA) is 49.4 Å². The molecule has 1 aromatic carbocycles. The summed E-state index contributed by atoms with van der Waals surface area (Å²) in [4.78, 5) is 0. The first-order valence-corrected chi connectivity index (χ1v) is 8.11. The lowest BCUT2D eigenvalue weighted by Gasteiger charge is -2.21. The average Bonchev–Trinajstić information content (AvgIpc) is 2.25. The van der Waals surface area contributed by atoms with Gasteiger partial charge in [0.25, 0.3) is 0 Å². The standard InChI is InChI=1S/C14H24N2O2S/c1-11(2)15-6-7-19(17,18)16(5)14-9-12(3)8-13(4)10-14/h8-11,15H,6-7H2,1-5H3. The average molecular weight is 284 g/mol. The first-order chi connectivity index (χ1) is 8.72. The second kappa shape index (κ2) is 6.39. The number of nitrogens with one attached hydrogen (secondary N) is 1. The van der Waals surface area contributed by atoms with Crippen molar-refractivity contribution in [2.45, 2.75) is 33.7 Å². The van der Waals surface area contributed by atoms with Crippen LogP contribution in [0.25, 0.3) is 0 Å². The van der Waals surface area contributed by atoms with Gasteiger partial charge in [-0.15, -0.1) is 0 Å². The van der Waals surface area contributed by atoms with Gasteiger partial charge in [0, 0.05) is 19.6 Å². The van der Waals surface area contributed by atoms with Crippen molar-refractivity contribution in [1.82, 2.24) is 5.32 Å². The molecule has 0 fully saturated rings. The fourth-order valence-corrected chi connectivity index (χ4v) is 2.98. The number of rotatable bonds is 6. The molecule has 0 spiro atoms. The number of hydrogen-bond donors (Lipinski definition) is 1. The molecule has 0 aliphatic rings. The Kier molecular flexibility index (Phi) is 5.38. The number of sulfonamides is 1. The monoisotopic (exact) mass is 284 g/mol. The van der Waals surface area contributed by atoms with E-state index in [0.29, 0.717) is 12.6 Å². The molecule has 0 saturated heterocycles. The van der Waals surface area contributed by atoms with Crippen molar-refractivity contribution in [3.63, 3.8) is 0 Å². The molecule has 0 aliphatic carbocycles. The lowest BCUT2D eigenvalue weighted by atomic mass is 10.1. The van der Waals surface area contributed by atoms with Crippen molar-refractivity contribution in [2.24, 2.45) is 0 Å². The van der Waals surface area contributed by atoms with Crippen molar-refractivity contribution in [3.8, 4) is 0 Å². The zero-order valence-electron chi connectivity index (χ0n) is 12.4. The van der Waals surface area contributed by atoms with Crippen molar-refractivity contribution in [1.29, 1.82) is 0 Å². The summed E-state index contributed by atoms with van der Waals surface area (Å²) in [5.74, 6) is 0.106. The zero-order chi connectivity index (χ0) is 14.6. The van der Waals surface area contributed by atoms with E-state index in [1.54, 1.807) is 7.05 Å². The molecule has 0 bridgehead atoms. The smallest absolute Gasteiger partial charge is 0.236 e.